The van der Waals surface area contributed by atoms with Gasteiger partial charge in [0.25, 0.3) is 11.5 Å². The average molecular weight is 446 g/mol. The number of rotatable bonds is 9. The van der Waals surface area contributed by atoms with Gasteiger partial charge in [-0.25, -0.2) is 4.98 Å². The van der Waals surface area contributed by atoms with Crippen LogP contribution in [0.25, 0.3) is 21.8 Å². The number of fused-ring (bicyclic) bond motifs is 2. The van der Waals surface area contributed by atoms with Crippen LogP contribution in [0, 0.1) is 0 Å². The number of allylic oxidation sites excluding steroid dienone is 1. The molecule has 8 nitrogen and oxygen atoms in total. The van der Waals surface area contributed by atoms with Gasteiger partial charge in [-0.3, -0.25) is 9.36 Å². The maximum atomic E-state index is 13.2. The third-order valence-electron chi connectivity index (χ3n) is 5.29. The maximum absolute atomic E-state index is 13.2. The predicted molar refractivity (Wildman–Crippen MR) is 130 cm³/mol. The molecule has 0 bridgehead atoms. The van der Waals surface area contributed by atoms with E-state index in [1.54, 1.807) is 22.8 Å². The van der Waals surface area contributed by atoms with Gasteiger partial charge in [-0.2, -0.15) is 0 Å². The molecule has 0 aliphatic rings. The second kappa shape index (κ2) is 9.79. The summed E-state index contributed by atoms with van der Waals surface area (Å²) in [5.41, 5.74) is 1.50. The summed E-state index contributed by atoms with van der Waals surface area (Å²) in [4.78, 5) is 17.7. The molecule has 0 atom stereocenters. The first kappa shape index (κ1) is 22.4. The number of azo groups is 1. The Morgan fingerprint density at radius 1 is 1.09 bits per heavy atom. The summed E-state index contributed by atoms with van der Waals surface area (Å²) >= 11 is 0. The molecule has 0 radical (unpaired) electrons. The summed E-state index contributed by atoms with van der Waals surface area (Å²) in [6.07, 6.45) is 2.45. The Kier molecular flexibility index (Phi) is 6.65. The Balaban J connectivity index is 1.78. The van der Waals surface area contributed by atoms with E-state index in [4.69, 9.17) is 4.74 Å². The van der Waals surface area contributed by atoms with Crippen molar-refractivity contribution < 1.29 is 9.84 Å². The second-order valence-electron chi connectivity index (χ2n) is 7.95. The van der Waals surface area contributed by atoms with Crippen molar-refractivity contribution in [3.8, 4) is 5.88 Å². The molecule has 0 amide bonds. The molecule has 0 aliphatic carbocycles. The Hall–Kier alpha value is -3.78. The molecule has 2 aromatic carbocycles. The fourth-order valence-electron chi connectivity index (χ4n) is 3.75. The molecule has 170 valence electrons. The smallest absolute Gasteiger partial charge is 0.262 e. The number of benzene rings is 2. The van der Waals surface area contributed by atoms with Crippen molar-refractivity contribution in [2.24, 2.45) is 10.2 Å². The minimum Gasteiger partial charge on any atom is -0.493 e. The number of hydrogen-bond acceptors (Lipinski definition) is 6. The third kappa shape index (κ3) is 4.56. The number of hydrogen-bond donors (Lipinski definition) is 1. The summed E-state index contributed by atoms with van der Waals surface area (Å²) in [5.74, 6) is 0.170. The zero-order valence-electron chi connectivity index (χ0n) is 18.8. The van der Waals surface area contributed by atoms with E-state index in [1.807, 2.05) is 50.2 Å². The molecule has 2 aromatic heterocycles. The van der Waals surface area contributed by atoms with Crippen molar-refractivity contribution in [2.75, 3.05) is 6.61 Å². The Morgan fingerprint density at radius 2 is 1.82 bits per heavy atom. The summed E-state index contributed by atoms with van der Waals surface area (Å²) < 4.78 is 8.83. The van der Waals surface area contributed by atoms with Crippen LogP contribution in [0.3, 0.4) is 0 Å². The van der Waals surface area contributed by atoms with Gasteiger partial charge in [0.2, 0.25) is 5.88 Å². The number of nitrogens with zero attached hydrogens (tertiary/aromatic N) is 5. The maximum Gasteiger partial charge on any atom is 0.262 e. The number of para-hydroxylation sites is 2. The molecule has 4 rings (SSSR count). The van der Waals surface area contributed by atoms with Crippen LogP contribution >= 0.6 is 0 Å². The normalized spacial score (nSPS) is 11.8. The van der Waals surface area contributed by atoms with E-state index in [0.717, 1.165) is 10.9 Å². The molecule has 0 unspecified atom stereocenters. The van der Waals surface area contributed by atoms with Crippen molar-refractivity contribution in [3.63, 3.8) is 0 Å². The van der Waals surface area contributed by atoms with Gasteiger partial charge in [0.05, 0.1) is 22.5 Å². The standard InChI is InChI=1S/C25H27N5O3/c1-4-14-29-21-13-8-6-11-19(21)22(24(29)32)27-28-25-26-20-12-7-5-10-18(20)23(31)30(25)15-9-16-33-17(2)3/h4-8,10-13,17,32H,1,9,14-16H2,2-3H3. The fourth-order valence-corrected chi connectivity index (χ4v) is 3.75. The van der Waals surface area contributed by atoms with Gasteiger partial charge in [-0.15, -0.1) is 16.8 Å². The average Bonchev–Trinajstić information content (AvgIpc) is 3.07. The summed E-state index contributed by atoms with van der Waals surface area (Å²) in [5, 5.41) is 20.7. The van der Waals surface area contributed by atoms with E-state index in [-0.39, 0.29) is 23.5 Å². The first-order valence-corrected chi connectivity index (χ1v) is 10.9. The van der Waals surface area contributed by atoms with E-state index in [2.05, 4.69) is 21.8 Å². The molecule has 8 heteroatoms. The van der Waals surface area contributed by atoms with Gasteiger partial charge in [-0.1, -0.05) is 36.4 Å². The molecule has 0 spiro atoms. The summed E-state index contributed by atoms with van der Waals surface area (Å²) in [6, 6.07) is 14.7. The van der Waals surface area contributed by atoms with Crippen LogP contribution < -0.4 is 5.56 Å². The van der Waals surface area contributed by atoms with Crippen LogP contribution in [0.2, 0.25) is 0 Å². The highest BCUT2D eigenvalue weighted by atomic mass is 16.5. The predicted octanol–water partition coefficient (Wildman–Crippen LogP) is 5.47. The first-order chi connectivity index (χ1) is 16.0. The highest BCUT2D eigenvalue weighted by molar-refractivity contribution is 5.95. The zero-order chi connectivity index (χ0) is 23.4. The molecule has 0 saturated carbocycles. The first-order valence-electron chi connectivity index (χ1n) is 10.9. The van der Waals surface area contributed by atoms with Crippen molar-refractivity contribution in [1.82, 2.24) is 14.1 Å². The lowest BCUT2D eigenvalue weighted by atomic mass is 10.2. The zero-order valence-corrected chi connectivity index (χ0v) is 18.8. The topological polar surface area (TPSA) is 94.0 Å². The summed E-state index contributed by atoms with van der Waals surface area (Å²) in [7, 11) is 0. The van der Waals surface area contributed by atoms with E-state index in [1.165, 1.54) is 4.57 Å². The molecular weight excluding hydrogens is 418 g/mol. The van der Waals surface area contributed by atoms with Gasteiger partial charge >= 0.3 is 0 Å². The van der Waals surface area contributed by atoms with Crippen molar-refractivity contribution in [2.45, 2.75) is 39.5 Å². The van der Waals surface area contributed by atoms with E-state index in [9.17, 15) is 9.90 Å². The summed E-state index contributed by atoms with van der Waals surface area (Å²) in [6.45, 7) is 9.04. The number of aromatic nitrogens is 3. The number of aromatic hydroxyl groups is 1. The van der Waals surface area contributed by atoms with E-state index < -0.39 is 0 Å². The van der Waals surface area contributed by atoms with Crippen LogP contribution in [0.5, 0.6) is 5.88 Å². The lowest BCUT2D eigenvalue weighted by Gasteiger charge is -2.11. The van der Waals surface area contributed by atoms with Gasteiger partial charge in [0.15, 0.2) is 5.69 Å². The molecule has 4 aromatic rings. The quantitative estimate of drug-likeness (QED) is 0.210. The minimum absolute atomic E-state index is 0.0140. The Morgan fingerprint density at radius 3 is 2.58 bits per heavy atom. The minimum atomic E-state index is -0.183. The highest BCUT2D eigenvalue weighted by Crippen LogP contribution is 2.39. The second-order valence-corrected chi connectivity index (χ2v) is 7.95. The largest absolute Gasteiger partial charge is 0.493 e. The van der Waals surface area contributed by atoms with Gasteiger partial charge in [0, 0.05) is 25.1 Å². The number of ether oxygens (including phenoxy) is 1. The van der Waals surface area contributed by atoms with Gasteiger partial charge in [-0.05, 0) is 38.5 Å². The van der Waals surface area contributed by atoms with Crippen LogP contribution in [0.15, 0.2) is 76.2 Å². The molecular formula is C25H27N5O3. The molecule has 0 fully saturated rings. The van der Waals surface area contributed by atoms with Crippen molar-refractivity contribution in [1.29, 1.82) is 0 Å². The molecule has 33 heavy (non-hydrogen) atoms. The van der Waals surface area contributed by atoms with E-state index >= 15 is 0 Å². The molecule has 0 saturated heterocycles. The lowest BCUT2D eigenvalue weighted by molar-refractivity contribution is 0.0748. The van der Waals surface area contributed by atoms with Crippen LogP contribution in [-0.2, 0) is 17.8 Å². The SMILES string of the molecule is C=CCn1c(O)c(N=Nc2nc3ccccc3c(=O)n2CCCOC(C)C)c2ccccc21. The Labute approximate surface area is 191 Å². The molecule has 0 aliphatic heterocycles. The van der Waals surface area contributed by atoms with Crippen LogP contribution in [0.1, 0.15) is 20.3 Å². The van der Waals surface area contributed by atoms with Crippen molar-refractivity contribution in [3.05, 3.63) is 71.5 Å². The van der Waals surface area contributed by atoms with Gasteiger partial charge < -0.3 is 14.4 Å². The van der Waals surface area contributed by atoms with E-state index in [0.29, 0.717) is 42.7 Å². The molecule has 2 heterocycles. The fraction of sp³-hybridized carbons (Fsp3) is 0.280. The highest BCUT2D eigenvalue weighted by Gasteiger charge is 2.16. The van der Waals surface area contributed by atoms with Gasteiger partial charge in [0.1, 0.15) is 0 Å². The molecule has 1 N–H and O–H groups in total. The lowest BCUT2D eigenvalue weighted by Crippen LogP contribution is -2.22. The monoisotopic (exact) mass is 445 g/mol. The van der Waals surface area contributed by atoms with Crippen LogP contribution in [0.4, 0.5) is 11.6 Å². The third-order valence-corrected chi connectivity index (χ3v) is 5.29. The van der Waals surface area contributed by atoms with Crippen LogP contribution in [-0.4, -0.2) is 31.9 Å². The van der Waals surface area contributed by atoms with Crippen molar-refractivity contribution >= 4 is 33.4 Å². The Bertz CT molecular complexity index is 1380.